The maximum atomic E-state index is 12.0. The van der Waals surface area contributed by atoms with Crippen LogP contribution in [0.4, 0.5) is 0 Å². The molecule has 0 radical (unpaired) electrons. The highest BCUT2D eigenvalue weighted by Gasteiger charge is 2.29. The van der Waals surface area contributed by atoms with Crippen molar-refractivity contribution in [3.8, 4) is 5.75 Å². The Morgan fingerprint density at radius 2 is 2.10 bits per heavy atom. The van der Waals surface area contributed by atoms with Gasteiger partial charge in [0, 0.05) is 0 Å². The summed E-state index contributed by atoms with van der Waals surface area (Å²) >= 11 is 0. The molecule has 2 heteroatoms. The normalized spacial score (nSPS) is 20.9. The first kappa shape index (κ1) is 13.4. The van der Waals surface area contributed by atoms with Crippen LogP contribution in [0.1, 0.15) is 51.2 Å². The van der Waals surface area contributed by atoms with Crippen molar-refractivity contribution in [2.45, 2.75) is 46.5 Å². The van der Waals surface area contributed by atoms with Crippen LogP contribution in [-0.2, 0) is 11.2 Å². The summed E-state index contributed by atoms with van der Waals surface area (Å²) in [7, 11) is 0. The Kier molecular flexibility index (Phi) is 3.19. The summed E-state index contributed by atoms with van der Waals surface area (Å²) in [5.74, 6) is 1.20. The van der Waals surface area contributed by atoms with Crippen molar-refractivity contribution in [2.75, 3.05) is 0 Å². The first-order valence-electron chi connectivity index (χ1n) is 7.51. The van der Waals surface area contributed by atoms with E-state index in [0.29, 0.717) is 11.7 Å². The second-order valence-corrected chi connectivity index (χ2v) is 6.95. The summed E-state index contributed by atoms with van der Waals surface area (Å²) in [6.07, 6.45) is 7.28. The van der Waals surface area contributed by atoms with Gasteiger partial charge in [-0.1, -0.05) is 12.1 Å². The lowest BCUT2D eigenvalue weighted by Gasteiger charge is -2.17. The molecule has 0 bridgehead atoms. The van der Waals surface area contributed by atoms with Crippen LogP contribution >= 0.6 is 0 Å². The van der Waals surface area contributed by atoms with Gasteiger partial charge in [-0.15, -0.1) is 0 Å². The van der Waals surface area contributed by atoms with Crippen LogP contribution < -0.4 is 4.74 Å². The Bertz CT molecular complexity index is 576. The van der Waals surface area contributed by atoms with Crippen molar-refractivity contribution in [3.63, 3.8) is 0 Å². The lowest BCUT2D eigenvalue weighted by molar-refractivity contribution is -0.142. The van der Waals surface area contributed by atoms with E-state index in [1.165, 1.54) is 36.0 Å². The largest absolute Gasteiger partial charge is 0.426 e. The maximum absolute atomic E-state index is 12.0. The highest BCUT2D eigenvalue weighted by atomic mass is 16.5. The SMILES string of the molecule is CC(C)(C)C(=O)Oc1ccc2c(c1)CC1CCCC=C21. The lowest BCUT2D eigenvalue weighted by Crippen LogP contribution is -2.25. The second kappa shape index (κ2) is 4.76. The highest BCUT2D eigenvalue weighted by Crippen LogP contribution is 2.43. The molecule has 20 heavy (non-hydrogen) atoms. The molecule has 2 aliphatic carbocycles. The number of fused-ring (bicyclic) bond motifs is 3. The first-order chi connectivity index (χ1) is 9.45. The predicted octanol–water partition coefficient (Wildman–Crippen LogP) is 4.38. The van der Waals surface area contributed by atoms with E-state index in [1.807, 2.05) is 26.8 Å². The van der Waals surface area contributed by atoms with E-state index in [4.69, 9.17) is 4.74 Å². The van der Waals surface area contributed by atoms with Crippen molar-refractivity contribution >= 4 is 11.5 Å². The zero-order valence-electron chi connectivity index (χ0n) is 12.5. The Morgan fingerprint density at radius 1 is 1.30 bits per heavy atom. The fourth-order valence-electron chi connectivity index (χ4n) is 3.10. The predicted molar refractivity (Wildman–Crippen MR) is 80.6 cm³/mol. The molecule has 0 saturated heterocycles. The van der Waals surface area contributed by atoms with Gasteiger partial charge in [-0.25, -0.2) is 0 Å². The molecular weight excluding hydrogens is 248 g/mol. The molecule has 2 aliphatic rings. The molecule has 0 heterocycles. The summed E-state index contributed by atoms with van der Waals surface area (Å²) in [5.41, 5.74) is 3.75. The number of carbonyl (C=O) groups is 1. The third-order valence-electron chi connectivity index (χ3n) is 4.24. The van der Waals surface area contributed by atoms with Gasteiger partial charge in [0.2, 0.25) is 0 Å². The van der Waals surface area contributed by atoms with Crippen molar-refractivity contribution in [3.05, 3.63) is 35.4 Å². The van der Waals surface area contributed by atoms with Crippen LogP contribution in [0.2, 0.25) is 0 Å². The monoisotopic (exact) mass is 270 g/mol. The van der Waals surface area contributed by atoms with Gasteiger partial charge in [-0.05, 0) is 81.2 Å². The topological polar surface area (TPSA) is 26.3 Å². The minimum atomic E-state index is -0.463. The van der Waals surface area contributed by atoms with Crippen molar-refractivity contribution in [1.29, 1.82) is 0 Å². The zero-order valence-corrected chi connectivity index (χ0v) is 12.5. The van der Waals surface area contributed by atoms with Crippen LogP contribution in [0.3, 0.4) is 0 Å². The fourth-order valence-corrected chi connectivity index (χ4v) is 3.10. The number of ether oxygens (including phenoxy) is 1. The smallest absolute Gasteiger partial charge is 0.316 e. The second-order valence-electron chi connectivity index (χ2n) is 6.95. The average Bonchev–Trinajstić information content (AvgIpc) is 2.75. The highest BCUT2D eigenvalue weighted by molar-refractivity contribution is 5.79. The number of hydrogen-bond acceptors (Lipinski definition) is 2. The van der Waals surface area contributed by atoms with Gasteiger partial charge in [0.1, 0.15) is 5.75 Å². The third-order valence-corrected chi connectivity index (χ3v) is 4.24. The third kappa shape index (κ3) is 2.39. The molecule has 3 rings (SSSR count). The van der Waals surface area contributed by atoms with Crippen molar-refractivity contribution in [2.24, 2.45) is 11.3 Å². The Labute approximate surface area is 120 Å². The molecule has 1 aromatic carbocycles. The molecule has 0 saturated carbocycles. The van der Waals surface area contributed by atoms with Gasteiger partial charge in [0.05, 0.1) is 5.41 Å². The molecule has 0 aliphatic heterocycles. The van der Waals surface area contributed by atoms with E-state index in [9.17, 15) is 4.79 Å². The Balaban J connectivity index is 1.84. The molecule has 0 aromatic heterocycles. The average molecular weight is 270 g/mol. The van der Waals surface area contributed by atoms with Gasteiger partial charge < -0.3 is 4.74 Å². The molecule has 0 amide bonds. The molecule has 0 N–H and O–H groups in total. The number of benzene rings is 1. The van der Waals surface area contributed by atoms with E-state index in [0.717, 1.165) is 6.42 Å². The summed E-state index contributed by atoms with van der Waals surface area (Å²) in [6, 6.07) is 6.11. The van der Waals surface area contributed by atoms with E-state index in [2.05, 4.69) is 18.2 Å². The molecule has 0 spiro atoms. The molecule has 0 fully saturated rings. The molecule has 1 unspecified atom stereocenters. The Morgan fingerprint density at radius 3 is 2.85 bits per heavy atom. The van der Waals surface area contributed by atoms with Crippen molar-refractivity contribution < 1.29 is 9.53 Å². The summed E-state index contributed by atoms with van der Waals surface area (Å²) in [5, 5.41) is 0. The summed E-state index contributed by atoms with van der Waals surface area (Å²) in [6.45, 7) is 5.63. The van der Waals surface area contributed by atoms with Crippen LogP contribution in [0, 0.1) is 11.3 Å². The van der Waals surface area contributed by atoms with E-state index < -0.39 is 5.41 Å². The van der Waals surface area contributed by atoms with Gasteiger partial charge >= 0.3 is 5.97 Å². The first-order valence-corrected chi connectivity index (χ1v) is 7.51. The van der Waals surface area contributed by atoms with Gasteiger partial charge in [-0.2, -0.15) is 0 Å². The number of rotatable bonds is 1. The molecule has 1 atom stereocenters. The van der Waals surface area contributed by atoms with Crippen LogP contribution in [0.25, 0.3) is 5.57 Å². The lowest BCUT2D eigenvalue weighted by atomic mass is 9.88. The molecule has 106 valence electrons. The fraction of sp³-hybridized carbons (Fsp3) is 0.500. The standard InChI is InChI=1S/C18H22O2/c1-18(2,3)17(19)20-14-8-9-16-13(11-14)10-12-6-4-5-7-15(12)16/h7-9,11-12H,4-6,10H2,1-3H3. The van der Waals surface area contributed by atoms with Gasteiger partial charge in [0.15, 0.2) is 0 Å². The van der Waals surface area contributed by atoms with E-state index in [-0.39, 0.29) is 5.97 Å². The van der Waals surface area contributed by atoms with Gasteiger partial charge in [0.25, 0.3) is 0 Å². The van der Waals surface area contributed by atoms with Crippen LogP contribution in [0.5, 0.6) is 5.75 Å². The summed E-state index contributed by atoms with van der Waals surface area (Å²) < 4.78 is 5.50. The van der Waals surface area contributed by atoms with E-state index >= 15 is 0 Å². The van der Waals surface area contributed by atoms with Gasteiger partial charge in [-0.3, -0.25) is 4.79 Å². The van der Waals surface area contributed by atoms with Crippen LogP contribution in [0.15, 0.2) is 24.3 Å². The molecule has 1 aromatic rings. The summed E-state index contributed by atoms with van der Waals surface area (Å²) in [4.78, 5) is 12.0. The number of esters is 1. The quantitative estimate of drug-likeness (QED) is 0.559. The molecular formula is C18H22O2. The van der Waals surface area contributed by atoms with Crippen LogP contribution in [-0.4, -0.2) is 5.97 Å². The van der Waals surface area contributed by atoms with Crippen molar-refractivity contribution in [1.82, 2.24) is 0 Å². The molecule has 2 nitrogen and oxygen atoms in total. The Hall–Kier alpha value is -1.57. The number of carbonyl (C=O) groups excluding carboxylic acids is 1. The van der Waals surface area contributed by atoms with E-state index in [1.54, 1.807) is 0 Å². The minimum absolute atomic E-state index is 0.174. The number of hydrogen-bond donors (Lipinski definition) is 0. The minimum Gasteiger partial charge on any atom is -0.426 e. The maximum Gasteiger partial charge on any atom is 0.316 e. The number of allylic oxidation sites excluding steroid dienone is 2. The zero-order chi connectivity index (χ0) is 14.3.